The molecule has 40 heavy (non-hydrogen) atoms. The summed E-state index contributed by atoms with van der Waals surface area (Å²) in [4.78, 5) is 12.5. The van der Waals surface area contributed by atoms with Gasteiger partial charge < -0.3 is 14.2 Å². The van der Waals surface area contributed by atoms with Gasteiger partial charge in [0.25, 0.3) is 0 Å². The summed E-state index contributed by atoms with van der Waals surface area (Å²) in [6, 6.07) is 14.5. The number of hydrogen-bond donors (Lipinski definition) is 0. The second-order valence-electron chi connectivity index (χ2n) is 11.7. The lowest BCUT2D eigenvalue weighted by molar-refractivity contribution is 0.0734. The molecule has 0 atom stereocenters. The molecule has 0 aliphatic heterocycles. The van der Waals surface area contributed by atoms with Crippen molar-refractivity contribution in [1.82, 2.24) is 0 Å². The number of benzene rings is 2. The van der Waals surface area contributed by atoms with Crippen LogP contribution in [0.5, 0.6) is 17.2 Å². The summed E-state index contributed by atoms with van der Waals surface area (Å²) < 4.78 is 17.3. The summed E-state index contributed by atoms with van der Waals surface area (Å²) in [6.45, 7) is 5.96. The molecule has 1 aliphatic rings. The molecule has 0 saturated heterocycles. The van der Waals surface area contributed by atoms with Crippen LogP contribution in [0.2, 0.25) is 0 Å². The Morgan fingerprint density at radius 3 is 1.60 bits per heavy atom. The van der Waals surface area contributed by atoms with Gasteiger partial charge in [0.05, 0.1) is 18.8 Å². The molecule has 0 N–H and O–H groups in total. The second-order valence-corrected chi connectivity index (χ2v) is 11.7. The molecule has 3 rings (SSSR count). The van der Waals surface area contributed by atoms with Crippen molar-refractivity contribution in [3.63, 3.8) is 0 Å². The molecule has 1 saturated carbocycles. The third-order valence-electron chi connectivity index (χ3n) is 8.35. The van der Waals surface area contributed by atoms with Crippen molar-refractivity contribution in [2.75, 3.05) is 13.2 Å². The van der Waals surface area contributed by atoms with Crippen molar-refractivity contribution in [3.05, 3.63) is 54.1 Å². The van der Waals surface area contributed by atoms with Crippen LogP contribution in [0.3, 0.4) is 0 Å². The maximum Gasteiger partial charge on any atom is 0.343 e. The Kier molecular flexibility index (Phi) is 15.7. The molecule has 2 aromatic carbocycles. The Bertz CT molecular complexity index is 913. The van der Waals surface area contributed by atoms with Gasteiger partial charge in [-0.2, -0.15) is 0 Å². The van der Waals surface area contributed by atoms with Crippen LogP contribution in [0.4, 0.5) is 0 Å². The molecule has 0 unspecified atom stereocenters. The third-order valence-corrected chi connectivity index (χ3v) is 8.35. The van der Waals surface area contributed by atoms with Crippen LogP contribution in [-0.4, -0.2) is 19.2 Å². The van der Waals surface area contributed by atoms with Crippen molar-refractivity contribution in [3.8, 4) is 17.2 Å². The number of ether oxygens (including phenoxy) is 3. The van der Waals surface area contributed by atoms with E-state index >= 15 is 0 Å². The van der Waals surface area contributed by atoms with E-state index in [0.717, 1.165) is 42.8 Å². The van der Waals surface area contributed by atoms with E-state index in [1.807, 2.05) is 24.3 Å². The lowest BCUT2D eigenvalue weighted by atomic mass is 9.78. The molecule has 0 heterocycles. The zero-order valence-corrected chi connectivity index (χ0v) is 25.3. The Morgan fingerprint density at radius 1 is 0.575 bits per heavy atom. The van der Waals surface area contributed by atoms with Crippen molar-refractivity contribution < 1.29 is 19.0 Å². The van der Waals surface area contributed by atoms with Crippen LogP contribution < -0.4 is 14.2 Å². The van der Waals surface area contributed by atoms with Gasteiger partial charge in [0, 0.05) is 0 Å². The van der Waals surface area contributed by atoms with Gasteiger partial charge in [0.1, 0.15) is 17.2 Å². The van der Waals surface area contributed by atoms with Gasteiger partial charge in [-0.25, -0.2) is 4.79 Å². The summed E-state index contributed by atoms with van der Waals surface area (Å²) in [5, 5.41) is 0. The SMILES string of the molecule is CCCCCCCOc1ccc(C(=O)Oc2ccc(OCCCC3CCC(CCCCCCC)CC3)cc2)cc1. The van der Waals surface area contributed by atoms with Crippen molar-refractivity contribution in [2.24, 2.45) is 11.8 Å². The van der Waals surface area contributed by atoms with Crippen molar-refractivity contribution >= 4 is 5.97 Å². The highest BCUT2D eigenvalue weighted by molar-refractivity contribution is 5.91. The molecule has 0 amide bonds. The second kappa shape index (κ2) is 19.6. The van der Waals surface area contributed by atoms with Gasteiger partial charge in [-0.05, 0) is 79.6 Å². The van der Waals surface area contributed by atoms with Gasteiger partial charge in [0.15, 0.2) is 0 Å². The minimum Gasteiger partial charge on any atom is -0.494 e. The number of carbonyl (C=O) groups is 1. The molecular weight excluding hydrogens is 496 g/mol. The highest BCUT2D eigenvalue weighted by Gasteiger charge is 2.20. The predicted molar refractivity (Wildman–Crippen MR) is 166 cm³/mol. The Morgan fingerprint density at radius 2 is 1.02 bits per heavy atom. The van der Waals surface area contributed by atoms with E-state index in [1.54, 1.807) is 24.3 Å². The summed E-state index contributed by atoms with van der Waals surface area (Å²) in [6.07, 6.45) is 22.5. The molecule has 0 aromatic heterocycles. The van der Waals surface area contributed by atoms with E-state index in [0.29, 0.717) is 17.9 Å². The molecule has 222 valence electrons. The molecule has 0 bridgehead atoms. The van der Waals surface area contributed by atoms with E-state index in [4.69, 9.17) is 14.2 Å². The monoisotopic (exact) mass is 550 g/mol. The molecule has 0 radical (unpaired) electrons. The molecular formula is C36H54O4. The van der Waals surface area contributed by atoms with Crippen LogP contribution >= 0.6 is 0 Å². The van der Waals surface area contributed by atoms with Crippen molar-refractivity contribution in [1.29, 1.82) is 0 Å². The molecule has 4 nitrogen and oxygen atoms in total. The number of unbranched alkanes of at least 4 members (excludes halogenated alkanes) is 8. The average Bonchev–Trinajstić information content (AvgIpc) is 2.99. The smallest absolute Gasteiger partial charge is 0.343 e. The van der Waals surface area contributed by atoms with E-state index in [9.17, 15) is 4.79 Å². The summed E-state index contributed by atoms with van der Waals surface area (Å²) in [5.41, 5.74) is 0.511. The van der Waals surface area contributed by atoms with Gasteiger partial charge in [-0.3, -0.25) is 0 Å². The number of esters is 1. The maximum absolute atomic E-state index is 12.5. The van der Waals surface area contributed by atoms with E-state index in [-0.39, 0.29) is 5.97 Å². The Balaban J connectivity index is 1.26. The fourth-order valence-electron chi connectivity index (χ4n) is 5.76. The van der Waals surface area contributed by atoms with E-state index < -0.39 is 0 Å². The highest BCUT2D eigenvalue weighted by atomic mass is 16.5. The van der Waals surface area contributed by atoms with Gasteiger partial charge >= 0.3 is 5.97 Å². The zero-order valence-electron chi connectivity index (χ0n) is 25.3. The molecule has 4 heteroatoms. The van der Waals surface area contributed by atoms with Crippen LogP contribution in [0.25, 0.3) is 0 Å². The first-order valence-electron chi connectivity index (χ1n) is 16.4. The van der Waals surface area contributed by atoms with Gasteiger partial charge in [-0.15, -0.1) is 0 Å². The summed E-state index contributed by atoms with van der Waals surface area (Å²) >= 11 is 0. The highest BCUT2D eigenvalue weighted by Crippen LogP contribution is 2.34. The topological polar surface area (TPSA) is 44.8 Å². The summed E-state index contributed by atoms with van der Waals surface area (Å²) in [5.74, 6) is 3.61. The van der Waals surface area contributed by atoms with Gasteiger partial charge in [0.2, 0.25) is 0 Å². The molecule has 2 aromatic rings. The maximum atomic E-state index is 12.5. The predicted octanol–water partition coefficient (Wildman–Crippen LogP) is 10.6. The first-order chi connectivity index (χ1) is 19.7. The van der Waals surface area contributed by atoms with Crippen LogP contribution in [-0.2, 0) is 0 Å². The first kappa shape index (κ1) is 32.0. The first-order valence-corrected chi connectivity index (χ1v) is 16.4. The average molecular weight is 551 g/mol. The number of hydrogen-bond acceptors (Lipinski definition) is 4. The number of carbonyl (C=O) groups excluding carboxylic acids is 1. The zero-order chi connectivity index (χ0) is 28.3. The van der Waals surface area contributed by atoms with Gasteiger partial charge in [-0.1, -0.05) is 104 Å². The number of rotatable bonds is 20. The fourth-order valence-corrected chi connectivity index (χ4v) is 5.76. The molecule has 0 spiro atoms. The third kappa shape index (κ3) is 12.8. The lowest BCUT2D eigenvalue weighted by Crippen LogP contribution is -2.15. The Hall–Kier alpha value is -2.49. The van der Waals surface area contributed by atoms with Crippen LogP contribution in [0.15, 0.2) is 48.5 Å². The van der Waals surface area contributed by atoms with E-state index in [1.165, 1.54) is 96.3 Å². The lowest BCUT2D eigenvalue weighted by Gasteiger charge is -2.28. The molecule has 1 fully saturated rings. The minimum atomic E-state index is -0.369. The minimum absolute atomic E-state index is 0.369. The largest absolute Gasteiger partial charge is 0.494 e. The molecule has 1 aliphatic carbocycles. The standard InChI is InChI=1S/C36H54O4/c1-3-5-7-9-11-14-30-16-18-31(19-17-30)15-13-29-39-34-24-26-35(27-25-34)40-36(37)32-20-22-33(23-21-32)38-28-12-10-8-6-4-2/h20-27,30-31H,3-19,28-29H2,1-2H3. The summed E-state index contributed by atoms with van der Waals surface area (Å²) in [7, 11) is 0. The fraction of sp³-hybridized carbons (Fsp3) is 0.639. The Labute approximate surface area is 244 Å². The van der Waals surface area contributed by atoms with Crippen LogP contribution in [0.1, 0.15) is 133 Å². The van der Waals surface area contributed by atoms with Crippen molar-refractivity contribution in [2.45, 2.75) is 123 Å². The van der Waals surface area contributed by atoms with Crippen LogP contribution in [0, 0.1) is 11.8 Å². The quantitative estimate of drug-likeness (QED) is 0.0934. The van der Waals surface area contributed by atoms with E-state index in [2.05, 4.69) is 13.8 Å². The normalized spacial score (nSPS) is 16.9.